The van der Waals surface area contributed by atoms with Crippen LogP contribution in [0.15, 0.2) is 17.5 Å². The molecule has 0 bridgehead atoms. The van der Waals surface area contributed by atoms with Gasteiger partial charge < -0.3 is 5.11 Å². The van der Waals surface area contributed by atoms with Crippen LogP contribution in [0.3, 0.4) is 0 Å². The second-order valence-electron chi connectivity index (χ2n) is 6.33. The second kappa shape index (κ2) is 5.72. The van der Waals surface area contributed by atoms with Crippen LogP contribution in [0.4, 0.5) is 0 Å². The maximum absolute atomic E-state index is 12.8. The molecule has 0 spiro atoms. The molecule has 2 aliphatic heterocycles. The number of nitrogens with zero attached hydrogens (tertiary/aromatic N) is 1. The zero-order valence-corrected chi connectivity index (χ0v) is 13.9. The third kappa shape index (κ3) is 2.30. The van der Waals surface area contributed by atoms with Gasteiger partial charge in [0.25, 0.3) is 0 Å². The van der Waals surface area contributed by atoms with E-state index in [9.17, 15) is 19.5 Å². The van der Waals surface area contributed by atoms with Crippen molar-refractivity contribution in [2.24, 2.45) is 11.8 Å². The Morgan fingerprint density at radius 1 is 1.43 bits per heavy atom. The number of hydrogen-bond acceptors (Lipinski definition) is 5. The van der Waals surface area contributed by atoms with Crippen molar-refractivity contribution in [2.45, 2.75) is 38.3 Å². The van der Waals surface area contributed by atoms with Gasteiger partial charge in [0.2, 0.25) is 11.8 Å². The molecule has 0 aliphatic carbocycles. The summed E-state index contributed by atoms with van der Waals surface area (Å²) in [5.74, 6) is -3.19. The van der Waals surface area contributed by atoms with Crippen LogP contribution in [-0.4, -0.2) is 39.9 Å². The standard InChI is InChI=1S/C16H20N2O4S/c1-3-4-7-18-13(19)10-11(14(18)20)16(2,15(21)22)17-12(10)9-6-5-8-23-9/h5-6,8,10-12,17H,3-4,7H2,1-2H3,(H,21,22). The van der Waals surface area contributed by atoms with Crippen molar-refractivity contribution in [3.63, 3.8) is 0 Å². The van der Waals surface area contributed by atoms with Crippen LogP contribution in [0.25, 0.3) is 0 Å². The average molecular weight is 336 g/mol. The van der Waals surface area contributed by atoms with E-state index in [0.29, 0.717) is 6.54 Å². The molecule has 3 rings (SSSR count). The van der Waals surface area contributed by atoms with Crippen LogP contribution in [0.1, 0.15) is 37.6 Å². The lowest BCUT2D eigenvalue weighted by Crippen LogP contribution is -2.53. The molecule has 0 radical (unpaired) electrons. The maximum atomic E-state index is 12.8. The first-order valence-corrected chi connectivity index (χ1v) is 8.69. The molecule has 1 aromatic rings. The fraction of sp³-hybridized carbons (Fsp3) is 0.562. The molecule has 4 unspecified atom stereocenters. The highest BCUT2D eigenvalue weighted by atomic mass is 32.1. The SMILES string of the molecule is CCCCN1C(=O)C2C(c3cccs3)NC(C)(C(=O)O)C2C1=O. The molecule has 124 valence electrons. The minimum absolute atomic E-state index is 0.246. The van der Waals surface area contributed by atoms with Crippen LogP contribution in [0, 0.1) is 11.8 Å². The topological polar surface area (TPSA) is 86.7 Å². The molecule has 4 atom stereocenters. The molecular weight excluding hydrogens is 316 g/mol. The van der Waals surface area contributed by atoms with Gasteiger partial charge in [-0.15, -0.1) is 11.3 Å². The fourth-order valence-corrected chi connectivity index (χ4v) is 4.47. The van der Waals surface area contributed by atoms with E-state index >= 15 is 0 Å². The quantitative estimate of drug-likeness (QED) is 0.798. The Hall–Kier alpha value is -1.73. The number of fused-ring (bicyclic) bond motifs is 1. The Balaban J connectivity index is 2.01. The molecule has 3 heterocycles. The molecule has 0 aromatic carbocycles. The number of hydrogen-bond donors (Lipinski definition) is 2. The first kappa shape index (κ1) is 16.1. The van der Waals surface area contributed by atoms with Crippen molar-refractivity contribution in [1.29, 1.82) is 0 Å². The molecule has 2 amide bonds. The number of nitrogens with one attached hydrogen (secondary N) is 1. The van der Waals surface area contributed by atoms with Crippen LogP contribution < -0.4 is 5.32 Å². The van der Waals surface area contributed by atoms with Crippen molar-refractivity contribution in [1.82, 2.24) is 10.2 Å². The lowest BCUT2D eigenvalue weighted by atomic mass is 9.81. The third-order valence-electron chi connectivity index (χ3n) is 4.91. The highest BCUT2D eigenvalue weighted by molar-refractivity contribution is 7.10. The van der Waals surface area contributed by atoms with Gasteiger partial charge >= 0.3 is 5.97 Å². The zero-order valence-electron chi connectivity index (χ0n) is 13.1. The van der Waals surface area contributed by atoms with Crippen LogP contribution in [0.5, 0.6) is 0 Å². The largest absolute Gasteiger partial charge is 0.480 e. The van der Waals surface area contributed by atoms with Gasteiger partial charge in [-0.05, 0) is 24.8 Å². The summed E-state index contributed by atoms with van der Waals surface area (Å²) in [6.07, 6.45) is 1.60. The van der Waals surface area contributed by atoms with Gasteiger partial charge in [-0.2, -0.15) is 0 Å². The number of carboxylic acids is 1. The number of carbonyl (C=O) groups is 3. The molecular formula is C16H20N2O4S. The van der Waals surface area contributed by atoms with Gasteiger partial charge in [0.15, 0.2) is 0 Å². The Labute approximate surface area is 138 Å². The average Bonchev–Trinajstić information content (AvgIpc) is 3.17. The van der Waals surface area contributed by atoms with Gasteiger partial charge in [-0.1, -0.05) is 19.4 Å². The molecule has 1 aromatic heterocycles. The van der Waals surface area contributed by atoms with Crippen LogP contribution in [-0.2, 0) is 14.4 Å². The van der Waals surface area contributed by atoms with Gasteiger partial charge in [-0.25, -0.2) is 0 Å². The Morgan fingerprint density at radius 3 is 2.74 bits per heavy atom. The number of thiophene rings is 1. The highest BCUT2D eigenvalue weighted by Gasteiger charge is 2.66. The van der Waals surface area contributed by atoms with Crippen molar-refractivity contribution < 1.29 is 19.5 Å². The predicted molar refractivity (Wildman–Crippen MR) is 84.8 cm³/mol. The van der Waals surface area contributed by atoms with Gasteiger partial charge in [0.05, 0.1) is 17.9 Å². The summed E-state index contributed by atoms with van der Waals surface area (Å²) < 4.78 is 0. The van der Waals surface area contributed by atoms with E-state index in [1.165, 1.54) is 23.2 Å². The second-order valence-corrected chi connectivity index (χ2v) is 7.31. The number of carboxylic acid groups (broad SMARTS) is 1. The fourth-order valence-electron chi connectivity index (χ4n) is 3.64. The Kier molecular flexibility index (Phi) is 4.01. The van der Waals surface area contributed by atoms with E-state index in [1.54, 1.807) is 0 Å². The first-order chi connectivity index (χ1) is 10.9. The molecule has 0 saturated carbocycles. The Morgan fingerprint density at radius 2 is 2.17 bits per heavy atom. The molecule has 2 aliphatic rings. The molecule has 2 N–H and O–H groups in total. The van der Waals surface area contributed by atoms with E-state index in [0.717, 1.165) is 17.7 Å². The third-order valence-corrected chi connectivity index (χ3v) is 5.86. The van der Waals surface area contributed by atoms with E-state index in [4.69, 9.17) is 0 Å². The molecule has 7 heteroatoms. The predicted octanol–water partition coefficient (Wildman–Crippen LogP) is 1.64. The normalized spacial score (nSPS) is 33.3. The number of likely N-dealkylation sites (tertiary alicyclic amines) is 1. The molecule has 2 fully saturated rings. The summed E-state index contributed by atoms with van der Waals surface area (Å²) in [4.78, 5) is 39.5. The molecule has 6 nitrogen and oxygen atoms in total. The van der Waals surface area contributed by atoms with E-state index in [2.05, 4.69) is 5.32 Å². The number of amides is 2. The summed E-state index contributed by atoms with van der Waals surface area (Å²) in [6, 6.07) is 3.31. The maximum Gasteiger partial charge on any atom is 0.324 e. The number of imide groups is 1. The van der Waals surface area contributed by atoms with Gasteiger partial charge in [0.1, 0.15) is 5.54 Å². The Bertz CT molecular complexity index is 645. The smallest absolute Gasteiger partial charge is 0.324 e. The number of aliphatic carboxylic acids is 1. The van der Waals surface area contributed by atoms with Crippen molar-refractivity contribution in [3.8, 4) is 0 Å². The van der Waals surface area contributed by atoms with E-state index in [-0.39, 0.29) is 11.8 Å². The first-order valence-electron chi connectivity index (χ1n) is 7.81. The summed E-state index contributed by atoms with van der Waals surface area (Å²) in [5, 5.41) is 14.6. The summed E-state index contributed by atoms with van der Waals surface area (Å²) >= 11 is 1.47. The van der Waals surface area contributed by atoms with Crippen LogP contribution >= 0.6 is 11.3 Å². The lowest BCUT2D eigenvalue weighted by Gasteiger charge is -2.27. The summed E-state index contributed by atoms with van der Waals surface area (Å²) in [7, 11) is 0. The minimum atomic E-state index is -1.42. The van der Waals surface area contributed by atoms with Crippen molar-refractivity contribution >= 4 is 29.1 Å². The van der Waals surface area contributed by atoms with Crippen molar-refractivity contribution in [3.05, 3.63) is 22.4 Å². The summed E-state index contributed by atoms with van der Waals surface area (Å²) in [6.45, 7) is 3.87. The number of rotatable bonds is 5. The van der Waals surface area contributed by atoms with E-state index < -0.39 is 29.4 Å². The number of carbonyl (C=O) groups excluding carboxylic acids is 2. The van der Waals surface area contributed by atoms with Crippen LogP contribution in [0.2, 0.25) is 0 Å². The monoisotopic (exact) mass is 336 g/mol. The number of unbranched alkanes of at least 4 members (excludes halogenated alkanes) is 1. The minimum Gasteiger partial charge on any atom is -0.480 e. The van der Waals surface area contributed by atoms with Gasteiger partial charge in [-0.3, -0.25) is 24.6 Å². The molecule has 2 saturated heterocycles. The summed E-state index contributed by atoms with van der Waals surface area (Å²) in [5.41, 5.74) is -1.42. The zero-order chi connectivity index (χ0) is 16.8. The molecule has 23 heavy (non-hydrogen) atoms. The van der Waals surface area contributed by atoms with E-state index in [1.807, 2.05) is 24.4 Å². The van der Waals surface area contributed by atoms with Gasteiger partial charge in [0, 0.05) is 11.4 Å². The van der Waals surface area contributed by atoms with Crippen molar-refractivity contribution in [2.75, 3.05) is 6.54 Å². The highest BCUT2D eigenvalue weighted by Crippen LogP contribution is 2.49. The lowest BCUT2D eigenvalue weighted by molar-refractivity contribution is -0.150.